The molecule has 0 aromatic carbocycles. The van der Waals surface area contributed by atoms with E-state index in [1.54, 1.807) is 11.3 Å². The summed E-state index contributed by atoms with van der Waals surface area (Å²) in [5.41, 5.74) is 1.32. The van der Waals surface area contributed by atoms with E-state index in [4.69, 9.17) is 0 Å². The van der Waals surface area contributed by atoms with E-state index in [1.165, 1.54) is 11.3 Å². The number of hydrogen-bond acceptors (Lipinski definition) is 4. The van der Waals surface area contributed by atoms with E-state index in [2.05, 4.69) is 27.0 Å². The monoisotopic (exact) mass is 296 g/mol. The summed E-state index contributed by atoms with van der Waals surface area (Å²) in [7, 11) is 0. The number of thiophene rings is 1. The highest BCUT2D eigenvalue weighted by molar-refractivity contribution is 7.99. The Morgan fingerprint density at radius 1 is 1.53 bits per heavy atom. The van der Waals surface area contributed by atoms with Crippen LogP contribution >= 0.6 is 23.1 Å². The number of carbonyl (C=O) groups excluding carboxylic acids is 1. The molecule has 1 aromatic rings. The third-order valence-electron chi connectivity index (χ3n) is 3.92. The number of likely N-dealkylation sites (tertiary alicyclic amines) is 1. The van der Waals surface area contributed by atoms with Crippen LogP contribution in [0.25, 0.3) is 0 Å². The first kappa shape index (κ1) is 13.5. The van der Waals surface area contributed by atoms with Crippen LogP contribution in [0.3, 0.4) is 0 Å². The summed E-state index contributed by atoms with van der Waals surface area (Å²) in [6.45, 7) is 1.97. The summed E-state index contributed by atoms with van der Waals surface area (Å²) >= 11 is 3.68. The topological polar surface area (TPSA) is 32.3 Å². The molecule has 2 unspecified atom stereocenters. The van der Waals surface area contributed by atoms with E-state index in [0.29, 0.717) is 24.4 Å². The summed E-state index contributed by atoms with van der Waals surface area (Å²) in [6, 6.07) is 2.86. The standard InChI is InChI=1S/C14H20N2OS2/c17-14(8-12-10-19-7-4-15-12)16-5-1-2-13(16)11-3-6-18-9-11/h3,6,9,12-13,15H,1-2,4-5,7-8,10H2. The average Bonchev–Trinajstić information content (AvgIpc) is 3.10. The number of thioether (sulfide) groups is 1. The second-order valence-corrected chi connectivity index (χ2v) is 7.16. The summed E-state index contributed by atoms with van der Waals surface area (Å²) in [4.78, 5) is 14.6. The lowest BCUT2D eigenvalue weighted by Crippen LogP contribution is -2.42. The van der Waals surface area contributed by atoms with Crippen molar-refractivity contribution >= 4 is 29.0 Å². The minimum absolute atomic E-state index is 0.328. The van der Waals surface area contributed by atoms with Gasteiger partial charge >= 0.3 is 0 Å². The maximum Gasteiger partial charge on any atom is 0.224 e. The molecule has 2 aliphatic rings. The van der Waals surface area contributed by atoms with Crippen molar-refractivity contribution in [3.63, 3.8) is 0 Å². The van der Waals surface area contributed by atoms with Crippen LogP contribution in [-0.2, 0) is 4.79 Å². The van der Waals surface area contributed by atoms with Gasteiger partial charge in [-0.2, -0.15) is 23.1 Å². The molecule has 2 atom stereocenters. The lowest BCUT2D eigenvalue weighted by atomic mass is 10.1. The molecule has 0 saturated carbocycles. The molecular weight excluding hydrogens is 276 g/mol. The van der Waals surface area contributed by atoms with Crippen molar-refractivity contribution in [1.29, 1.82) is 0 Å². The first-order chi connectivity index (χ1) is 9.34. The first-order valence-corrected chi connectivity index (χ1v) is 9.07. The van der Waals surface area contributed by atoms with Crippen LogP contribution < -0.4 is 5.32 Å². The molecule has 0 bridgehead atoms. The second kappa shape index (κ2) is 6.29. The van der Waals surface area contributed by atoms with Gasteiger partial charge in [0, 0.05) is 37.1 Å². The maximum absolute atomic E-state index is 12.5. The van der Waals surface area contributed by atoms with Gasteiger partial charge in [-0.1, -0.05) is 0 Å². The first-order valence-electron chi connectivity index (χ1n) is 6.97. The van der Waals surface area contributed by atoms with Crippen molar-refractivity contribution in [2.75, 3.05) is 24.6 Å². The van der Waals surface area contributed by atoms with Gasteiger partial charge in [-0.05, 0) is 35.2 Å². The van der Waals surface area contributed by atoms with E-state index in [9.17, 15) is 4.79 Å². The Hall–Kier alpha value is -0.520. The molecule has 0 spiro atoms. The van der Waals surface area contributed by atoms with Gasteiger partial charge in [-0.25, -0.2) is 0 Å². The van der Waals surface area contributed by atoms with Crippen molar-refractivity contribution in [3.8, 4) is 0 Å². The molecule has 5 heteroatoms. The van der Waals surface area contributed by atoms with Gasteiger partial charge in [0.05, 0.1) is 6.04 Å². The van der Waals surface area contributed by atoms with Gasteiger partial charge in [0.2, 0.25) is 5.91 Å². The van der Waals surface area contributed by atoms with Gasteiger partial charge in [-0.15, -0.1) is 0 Å². The van der Waals surface area contributed by atoms with Crippen LogP contribution in [0.15, 0.2) is 16.8 Å². The summed E-state index contributed by atoms with van der Waals surface area (Å²) in [5, 5.41) is 7.75. The van der Waals surface area contributed by atoms with Crippen LogP contribution in [0.1, 0.15) is 30.9 Å². The predicted molar refractivity (Wildman–Crippen MR) is 81.7 cm³/mol. The van der Waals surface area contributed by atoms with Crippen molar-refractivity contribution in [3.05, 3.63) is 22.4 Å². The van der Waals surface area contributed by atoms with E-state index in [1.807, 2.05) is 11.8 Å². The Labute approximate surface area is 122 Å². The fourth-order valence-electron chi connectivity index (χ4n) is 2.96. The van der Waals surface area contributed by atoms with Crippen molar-refractivity contribution in [2.45, 2.75) is 31.3 Å². The third kappa shape index (κ3) is 3.15. The number of nitrogens with zero attached hydrogens (tertiary/aromatic N) is 1. The Bertz CT molecular complexity index is 415. The molecule has 19 heavy (non-hydrogen) atoms. The lowest BCUT2D eigenvalue weighted by molar-refractivity contribution is -0.132. The summed E-state index contributed by atoms with van der Waals surface area (Å²) in [6.07, 6.45) is 2.92. The molecule has 3 heterocycles. The maximum atomic E-state index is 12.5. The van der Waals surface area contributed by atoms with Crippen LogP contribution in [0.5, 0.6) is 0 Å². The third-order valence-corrected chi connectivity index (χ3v) is 5.75. The fourth-order valence-corrected chi connectivity index (χ4v) is 4.61. The molecule has 1 N–H and O–H groups in total. The molecule has 0 radical (unpaired) electrons. The largest absolute Gasteiger partial charge is 0.336 e. The highest BCUT2D eigenvalue weighted by atomic mass is 32.2. The van der Waals surface area contributed by atoms with Crippen molar-refractivity contribution in [1.82, 2.24) is 10.2 Å². The summed E-state index contributed by atoms with van der Waals surface area (Å²) < 4.78 is 0. The quantitative estimate of drug-likeness (QED) is 0.930. The van der Waals surface area contributed by atoms with Gasteiger partial charge in [0.25, 0.3) is 0 Å². The number of carbonyl (C=O) groups is 1. The van der Waals surface area contributed by atoms with E-state index in [0.717, 1.165) is 31.7 Å². The molecule has 1 amide bonds. The highest BCUT2D eigenvalue weighted by Gasteiger charge is 2.31. The van der Waals surface area contributed by atoms with Gasteiger partial charge < -0.3 is 10.2 Å². The zero-order valence-corrected chi connectivity index (χ0v) is 12.6. The van der Waals surface area contributed by atoms with Crippen molar-refractivity contribution in [2.24, 2.45) is 0 Å². The minimum atomic E-state index is 0.328. The number of nitrogens with one attached hydrogen (secondary N) is 1. The van der Waals surface area contributed by atoms with Gasteiger partial charge in [0.1, 0.15) is 0 Å². The van der Waals surface area contributed by atoms with Crippen LogP contribution in [0.4, 0.5) is 0 Å². The van der Waals surface area contributed by atoms with Crippen LogP contribution in [-0.4, -0.2) is 41.4 Å². The number of hydrogen-bond donors (Lipinski definition) is 1. The lowest BCUT2D eigenvalue weighted by Gasteiger charge is -2.28. The Morgan fingerprint density at radius 3 is 3.21 bits per heavy atom. The smallest absolute Gasteiger partial charge is 0.224 e. The van der Waals surface area contributed by atoms with Gasteiger partial charge in [-0.3, -0.25) is 4.79 Å². The van der Waals surface area contributed by atoms with Gasteiger partial charge in [0.15, 0.2) is 0 Å². The molecule has 2 saturated heterocycles. The number of rotatable bonds is 3. The molecule has 3 rings (SSSR count). The minimum Gasteiger partial charge on any atom is -0.336 e. The molecule has 0 aliphatic carbocycles. The SMILES string of the molecule is O=C(CC1CSCCN1)N1CCCC1c1ccsc1. The average molecular weight is 296 g/mol. The molecule has 1 aromatic heterocycles. The summed E-state index contributed by atoms with van der Waals surface area (Å²) in [5.74, 6) is 2.57. The fraction of sp³-hybridized carbons (Fsp3) is 0.643. The molecular formula is C14H20N2OS2. The molecule has 2 aliphatic heterocycles. The Kier molecular flexibility index (Phi) is 4.45. The van der Waals surface area contributed by atoms with Crippen LogP contribution in [0, 0.1) is 0 Å². The normalized spacial score (nSPS) is 27.7. The van der Waals surface area contributed by atoms with Crippen molar-refractivity contribution < 1.29 is 4.79 Å². The Balaban J connectivity index is 1.62. The van der Waals surface area contributed by atoms with E-state index >= 15 is 0 Å². The molecule has 3 nitrogen and oxygen atoms in total. The zero-order valence-electron chi connectivity index (χ0n) is 11.0. The molecule has 2 fully saturated rings. The Morgan fingerprint density at radius 2 is 2.47 bits per heavy atom. The highest BCUT2D eigenvalue weighted by Crippen LogP contribution is 2.33. The van der Waals surface area contributed by atoms with E-state index < -0.39 is 0 Å². The second-order valence-electron chi connectivity index (χ2n) is 5.23. The van der Waals surface area contributed by atoms with E-state index in [-0.39, 0.29) is 0 Å². The predicted octanol–water partition coefficient (Wildman–Crippen LogP) is 2.51. The number of amides is 1. The zero-order chi connectivity index (χ0) is 13.1. The molecule has 104 valence electrons. The van der Waals surface area contributed by atoms with Crippen LogP contribution in [0.2, 0.25) is 0 Å².